The van der Waals surface area contributed by atoms with Crippen LogP contribution in [0.5, 0.6) is 6.01 Å². The molecular formula is C28H35ClF3N7O2. The molecule has 2 unspecified atom stereocenters. The van der Waals surface area contributed by atoms with E-state index >= 15 is 0 Å². The third kappa shape index (κ3) is 5.13. The Morgan fingerprint density at radius 3 is 2.73 bits per heavy atom. The van der Waals surface area contributed by atoms with Crippen molar-refractivity contribution in [3.63, 3.8) is 0 Å². The number of carbonyl (C=O) groups is 1. The van der Waals surface area contributed by atoms with Crippen molar-refractivity contribution in [1.29, 1.82) is 0 Å². The van der Waals surface area contributed by atoms with E-state index in [0.29, 0.717) is 66.7 Å². The van der Waals surface area contributed by atoms with Crippen LogP contribution in [0.4, 0.5) is 24.7 Å². The maximum Gasteiger partial charge on any atom is 0.318 e. The number of likely N-dealkylation sites (N-methyl/N-ethyl adjacent to an activating group) is 2. The SMILES string of the molecule is CN1CCN(c2nc(OC[C@@H]3CC(F)(F)CN3C)nc3c2NC(=O)C2(CCCc4c(Cl)cc(F)cc42)C3)CC1CN. The molecule has 4 heterocycles. The zero-order valence-corrected chi connectivity index (χ0v) is 24.0. The van der Waals surface area contributed by atoms with Gasteiger partial charge in [0.15, 0.2) is 5.82 Å². The van der Waals surface area contributed by atoms with Gasteiger partial charge in [0.05, 0.1) is 17.7 Å². The standard InChI is InChI=1S/C28H35ClF3N7O2/c1-37-6-7-39(13-18(37)12-33)24-23-22(34-26(36-24)41-14-17-10-28(31,32)15-38(17)2)11-27(25(40)35-23)5-3-4-19-20(27)8-16(30)9-21(19)29/h8-9,17-18H,3-7,10-15,33H2,1-2H3,(H,35,40)/t17-,18?,27?/m0/s1. The topological polar surface area (TPSA) is 99.9 Å². The molecule has 1 aliphatic carbocycles. The second-order valence-corrected chi connectivity index (χ2v) is 12.3. The highest BCUT2D eigenvalue weighted by Crippen LogP contribution is 2.48. The van der Waals surface area contributed by atoms with Crippen LogP contribution in [0.25, 0.3) is 0 Å². The van der Waals surface area contributed by atoms with Crippen molar-refractivity contribution in [2.45, 2.75) is 55.5 Å². The third-order valence-electron chi connectivity index (χ3n) is 9.18. The van der Waals surface area contributed by atoms with Crippen LogP contribution in [0.15, 0.2) is 12.1 Å². The largest absolute Gasteiger partial charge is 0.462 e. The monoisotopic (exact) mass is 593 g/mol. The molecule has 4 aliphatic rings. The summed E-state index contributed by atoms with van der Waals surface area (Å²) >= 11 is 6.43. The summed E-state index contributed by atoms with van der Waals surface area (Å²) in [6.45, 7) is 2.08. The molecule has 222 valence electrons. The normalized spacial score (nSPS) is 28.0. The maximum absolute atomic E-state index is 14.6. The second-order valence-electron chi connectivity index (χ2n) is 11.9. The van der Waals surface area contributed by atoms with Crippen molar-refractivity contribution in [2.75, 3.05) is 63.6 Å². The minimum atomic E-state index is -2.77. The Hall–Kier alpha value is -2.67. The lowest BCUT2D eigenvalue weighted by Gasteiger charge is -2.43. The third-order valence-corrected chi connectivity index (χ3v) is 9.52. The van der Waals surface area contributed by atoms with Gasteiger partial charge in [-0.25, -0.2) is 13.2 Å². The number of piperazine rings is 1. The Labute approximate surface area is 242 Å². The minimum absolute atomic E-state index is 0.000363. The number of halogens is 4. The van der Waals surface area contributed by atoms with Crippen molar-refractivity contribution in [1.82, 2.24) is 19.8 Å². The van der Waals surface area contributed by atoms with Gasteiger partial charge in [0, 0.05) is 56.1 Å². The molecule has 0 bridgehead atoms. The number of benzene rings is 1. The average molecular weight is 594 g/mol. The van der Waals surface area contributed by atoms with Crippen molar-refractivity contribution in [3.8, 4) is 6.01 Å². The fraction of sp³-hybridized carbons (Fsp3) is 0.607. The molecular weight excluding hydrogens is 559 g/mol. The number of hydrogen-bond acceptors (Lipinski definition) is 8. The number of ether oxygens (including phenoxy) is 1. The van der Waals surface area contributed by atoms with Crippen LogP contribution in [-0.4, -0.2) is 97.1 Å². The molecule has 1 amide bonds. The van der Waals surface area contributed by atoms with Crippen LogP contribution in [0.2, 0.25) is 5.02 Å². The van der Waals surface area contributed by atoms with Gasteiger partial charge >= 0.3 is 6.01 Å². The van der Waals surface area contributed by atoms with E-state index in [4.69, 9.17) is 32.0 Å². The molecule has 3 aliphatic heterocycles. The summed E-state index contributed by atoms with van der Waals surface area (Å²) in [5.74, 6) is -3.00. The molecule has 6 rings (SSSR count). The zero-order chi connectivity index (χ0) is 29.1. The lowest BCUT2D eigenvalue weighted by molar-refractivity contribution is -0.122. The first-order chi connectivity index (χ1) is 19.5. The molecule has 2 aromatic rings. The fourth-order valence-corrected chi connectivity index (χ4v) is 7.14. The predicted octanol–water partition coefficient (Wildman–Crippen LogP) is 2.84. The first-order valence-corrected chi connectivity index (χ1v) is 14.4. The van der Waals surface area contributed by atoms with Gasteiger partial charge in [0.25, 0.3) is 5.92 Å². The number of nitrogens with two attached hydrogens (primary N) is 1. The number of amides is 1. The van der Waals surface area contributed by atoms with Crippen LogP contribution in [-0.2, 0) is 23.1 Å². The molecule has 0 radical (unpaired) electrons. The van der Waals surface area contributed by atoms with Gasteiger partial charge in [-0.2, -0.15) is 9.97 Å². The Morgan fingerprint density at radius 2 is 2.00 bits per heavy atom. The predicted molar refractivity (Wildman–Crippen MR) is 150 cm³/mol. The number of alkyl halides is 2. The molecule has 2 saturated heterocycles. The van der Waals surface area contributed by atoms with Gasteiger partial charge in [-0.3, -0.25) is 14.6 Å². The first kappa shape index (κ1) is 28.4. The summed E-state index contributed by atoms with van der Waals surface area (Å²) in [5.41, 5.74) is 7.40. The molecule has 2 fully saturated rings. The maximum atomic E-state index is 14.6. The Bertz CT molecular complexity index is 1360. The summed E-state index contributed by atoms with van der Waals surface area (Å²) in [6, 6.07) is 2.34. The van der Waals surface area contributed by atoms with Gasteiger partial charge < -0.3 is 20.7 Å². The molecule has 1 aromatic heterocycles. The highest BCUT2D eigenvalue weighted by Gasteiger charge is 2.49. The molecule has 1 spiro atoms. The molecule has 13 heteroatoms. The minimum Gasteiger partial charge on any atom is -0.462 e. The molecule has 3 atom stereocenters. The smallest absolute Gasteiger partial charge is 0.318 e. The number of nitrogens with zero attached hydrogens (tertiary/aromatic N) is 5. The van der Waals surface area contributed by atoms with Gasteiger partial charge in [-0.1, -0.05) is 11.6 Å². The van der Waals surface area contributed by atoms with Crippen molar-refractivity contribution in [2.24, 2.45) is 5.73 Å². The average Bonchev–Trinajstić information content (AvgIpc) is 3.19. The summed E-state index contributed by atoms with van der Waals surface area (Å²) < 4.78 is 48.6. The zero-order valence-electron chi connectivity index (χ0n) is 23.2. The molecule has 1 aromatic carbocycles. The number of nitrogens with one attached hydrogen (secondary N) is 1. The van der Waals surface area contributed by atoms with Crippen LogP contribution >= 0.6 is 11.6 Å². The Morgan fingerprint density at radius 1 is 1.20 bits per heavy atom. The summed E-state index contributed by atoms with van der Waals surface area (Å²) in [6.07, 6.45) is 1.77. The highest BCUT2D eigenvalue weighted by atomic mass is 35.5. The number of fused-ring (bicyclic) bond motifs is 3. The molecule has 9 nitrogen and oxygen atoms in total. The van der Waals surface area contributed by atoms with Gasteiger partial charge in [0.1, 0.15) is 18.1 Å². The second kappa shape index (κ2) is 10.6. The number of rotatable bonds is 5. The van der Waals surface area contributed by atoms with Gasteiger partial charge in [0.2, 0.25) is 5.91 Å². The number of aromatic nitrogens is 2. The number of carbonyl (C=O) groups excluding carboxylic acids is 1. The molecule has 3 N–H and O–H groups in total. The van der Waals surface area contributed by atoms with Gasteiger partial charge in [-0.15, -0.1) is 0 Å². The van der Waals surface area contributed by atoms with Crippen molar-refractivity contribution in [3.05, 3.63) is 39.8 Å². The van der Waals surface area contributed by atoms with E-state index < -0.39 is 23.2 Å². The van der Waals surface area contributed by atoms with Crippen LogP contribution in [0.1, 0.15) is 36.1 Å². The van der Waals surface area contributed by atoms with Crippen LogP contribution in [0.3, 0.4) is 0 Å². The van der Waals surface area contributed by atoms with E-state index in [-0.39, 0.29) is 44.0 Å². The van der Waals surface area contributed by atoms with E-state index in [2.05, 4.69) is 15.1 Å². The van der Waals surface area contributed by atoms with Gasteiger partial charge in [-0.05, 0) is 56.6 Å². The first-order valence-electron chi connectivity index (χ1n) is 14.1. The van der Waals surface area contributed by atoms with E-state index in [1.54, 1.807) is 11.9 Å². The fourth-order valence-electron chi connectivity index (χ4n) is 6.84. The van der Waals surface area contributed by atoms with Crippen molar-refractivity contribution < 1.29 is 22.7 Å². The molecule has 0 saturated carbocycles. The summed E-state index contributed by atoms with van der Waals surface area (Å²) in [5, 5.41) is 3.39. The van der Waals surface area contributed by atoms with Crippen LogP contribution < -0.4 is 20.7 Å². The Balaban J connectivity index is 1.39. The highest BCUT2D eigenvalue weighted by molar-refractivity contribution is 6.31. The van der Waals surface area contributed by atoms with E-state index in [9.17, 15) is 18.0 Å². The van der Waals surface area contributed by atoms with E-state index in [0.717, 1.165) is 12.1 Å². The lowest BCUT2D eigenvalue weighted by Crippen LogP contribution is -2.55. The van der Waals surface area contributed by atoms with E-state index in [1.165, 1.54) is 12.1 Å². The van der Waals surface area contributed by atoms with Crippen LogP contribution in [0, 0.1) is 5.82 Å². The lowest BCUT2D eigenvalue weighted by atomic mass is 9.65. The van der Waals surface area contributed by atoms with E-state index in [1.807, 2.05) is 7.05 Å². The number of likely N-dealkylation sites (tertiary alicyclic amines) is 1. The summed E-state index contributed by atoms with van der Waals surface area (Å²) in [7, 11) is 3.67. The summed E-state index contributed by atoms with van der Waals surface area (Å²) in [4.78, 5) is 29.1. The number of anilines is 2. The van der Waals surface area contributed by atoms with Crippen molar-refractivity contribution >= 4 is 29.0 Å². The Kier molecular flexibility index (Phi) is 7.32. The quantitative estimate of drug-likeness (QED) is 0.546. The number of hydrogen-bond donors (Lipinski definition) is 2. The molecule has 41 heavy (non-hydrogen) atoms.